The molecule has 1 fully saturated rings. The summed E-state index contributed by atoms with van der Waals surface area (Å²) >= 11 is 0. The van der Waals surface area contributed by atoms with E-state index in [1.54, 1.807) is 14.2 Å². The van der Waals surface area contributed by atoms with E-state index in [0.717, 1.165) is 5.56 Å². The van der Waals surface area contributed by atoms with Crippen LogP contribution in [-0.4, -0.2) is 44.0 Å². The molecule has 0 aromatic heterocycles. The predicted octanol–water partition coefficient (Wildman–Crippen LogP) is 1.34. The van der Waals surface area contributed by atoms with Gasteiger partial charge in [-0.1, -0.05) is 6.07 Å². The van der Waals surface area contributed by atoms with Crippen LogP contribution in [0.4, 0.5) is 0 Å². The third-order valence-corrected chi connectivity index (χ3v) is 3.60. The smallest absolute Gasteiger partial charge is 0.265 e. The topological polar surface area (TPSA) is 60.0 Å². The Kier molecular flexibility index (Phi) is 4.39. The molecule has 0 aliphatic carbocycles. The van der Waals surface area contributed by atoms with Crippen molar-refractivity contribution in [2.24, 2.45) is 0 Å². The molecule has 1 heterocycles. The largest absolute Gasteiger partial charge is 0.493 e. The van der Waals surface area contributed by atoms with Crippen LogP contribution in [0.25, 0.3) is 0 Å². The van der Waals surface area contributed by atoms with Crippen molar-refractivity contribution in [3.05, 3.63) is 23.8 Å². The third-order valence-electron chi connectivity index (χ3n) is 3.60. The van der Waals surface area contributed by atoms with Crippen molar-refractivity contribution in [3.8, 4) is 11.5 Å². The first-order chi connectivity index (χ1) is 9.92. The van der Waals surface area contributed by atoms with Crippen LogP contribution in [0.1, 0.15) is 19.4 Å². The number of hydrogen-bond acceptors (Lipinski definition) is 5. The second-order valence-electron chi connectivity index (χ2n) is 5.46. The summed E-state index contributed by atoms with van der Waals surface area (Å²) in [6.45, 7) is 3.81. The van der Waals surface area contributed by atoms with Crippen LogP contribution in [0.15, 0.2) is 18.2 Å². The third kappa shape index (κ3) is 2.96. The summed E-state index contributed by atoms with van der Waals surface area (Å²) in [5, 5.41) is 4.65. The maximum absolute atomic E-state index is 12.3. The monoisotopic (exact) mass is 294 g/mol. The number of carbonyl (C=O) groups excluding carboxylic acids is 1. The Morgan fingerprint density at radius 3 is 2.38 bits per heavy atom. The Bertz CT molecular complexity index is 530. The van der Waals surface area contributed by atoms with Crippen LogP contribution in [0, 0.1) is 0 Å². The number of ether oxygens (including phenoxy) is 2. The normalized spacial score (nSPS) is 20.7. The first-order valence-corrected chi connectivity index (χ1v) is 6.79. The molecule has 1 aliphatic heterocycles. The van der Waals surface area contributed by atoms with E-state index in [1.807, 2.05) is 32.0 Å². The van der Waals surface area contributed by atoms with Crippen molar-refractivity contribution < 1.29 is 19.1 Å². The van der Waals surface area contributed by atoms with Crippen molar-refractivity contribution in [2.75, 3.05) is 21.3 Å². The number of hydroxylamine groups is 2. The van der Waals surface area contributed by atoms with Gasteiger partial charge in [-0.15, -0.1) is 0 Å². The molecule has 6 nitrogen and oxygen atoms in total. The molecular weight excluding hydrogens is 272 g/mol. The molecule has 21 heavy (non-hydrogen) atoms. The minimum Gasteiger partial charge on any atom is -0.493 e. The van der Waals surface area contributed by atoms with Gasteiger partial charge in [-0.2, -0.15) is 0 Å². The van der Waals surface area contributed by atoms with Crippen LogP contribution < -0.4 is 14.8 Å². The van der Waals surface area contributed by atoms with E-state index >= 15 is 0 Å². The van der Waals surface area contributed by atoms with Gasteiger partial charge in [-0.25, -0.2) is 5.06 Å². The average Bonchev–Trinajstić information content (AvgIpc) is 2.67. The van der Waals surface area contributed by atoms with Gasteiger partial charge >= 0.3 is 0 Å². The van der Waals surface area contributed by atoms with E-state index in [1.165, 1.54) is 12.2 Å². The molecule has 1 aromatic carbocycles. The van der Waals surface area contributed by atoms with Crippen molar-refractivity contribution in [3.63, 3.8) is 0 Å². The fraction of sp³-hybridized carbons (Fsp3) is 0.533. The highest BCUT2D eigenvalue weighted by molar-refractivity contribution is 5.84. The minimum atomic E-state index is -0.521. The number of carbonyl (C=O) groups is 1. The minimum absolute atomic E-state index is 0.0720. The van der Waals surface area contributed by atoms with Gasteiger partial charge < -0.3 is 9.47 Å². The van der Waals surface area contributed by atoms with Gasteiger partial charge in [-0.05, 0) is 38.0 Å². The Labute approximate surface area is 124 Å². The van der Waals surface area contributed by atoms with Gasteiger partial charge in [0.2, 0.25) is 0 Å². The van der Waals surface area contributed by atoms with E-state index in [0.29, 0.717) is 17.9 Å². The van der Waals surface area contributed by atoms with E-state index in [9.17, 15) is 4.79 Å². The Balaban J connectivity index is 2.17. The molecule has 1 aliphatic rings. The second-order valence-corrected chi connectivity index (χ2v) is 5.46. The molecule has 1 aromatic rings. The van der Waals surface area contributed by atoms with Gasteiger partial charge in [0, 0.05) is 0 Å². The molecule has 0 bridgehead atoms. The quantitative estimate of drug-likeness (QED) is 0.888. The number of nitrogens with one attached hydrogen (secondary N) is 1. The highest BCUT2D eigenvalue weighted by Gasteiger charge is 2.45. The van der Waals surface area contributed by atoms with E-state index in [-0.39, 0.29) is 11.9 Å². The van der Waals surface area contributed by atoms with Crippen LogP contribution in [-0.2, 0) is 16.1 Å². The number of amides is 1. The van der Waals surface area contributed by atoms with Gasteiger partial charge in [0.15, 0.2) is 11.5 Å². The lowest BCUT2D eigenvalue weighted by Gasteiger charge is -2.28. The van der Waals surface area contributed by atoms with Gasteiger partial charge in [-0.3, -0.25) is 14.9 Å². The zero-order chi connectivity index (χ0) is 15.6. The van der Waals surface area contributed by atoms with E-state index < -0.39 is 5.66 Å². The average molecular weight is 294 g/mol. The molecule has 0 unspecified atom stereocenters. The zero-order valence-electron chi connectivity index (χ0n) is 13.1. The summed E-state index contributed by atoms with van der Waals surface area (Å²) in [5.74, 6) is 1.26. The van der Waals surface area contributed by atoms with Gasteiger partial charge in [0.1, 0.15) is 5.66 Å². The molecule has 0 spiro atoms. The summed E-state index contributed by atoms with van der Waals surface area (Å²) in [4.78, 5) is 17.5. The first-order valence-electron chi connectivity index (χ1n) is 6.79. The summed E-state index contributed by atoms with van der Waals surface area (Å²) < 4.78 is 10.5. The number of hydrogen-bond donors (Lipinski definition) is 1. The van der Waals surface area contributed by atoms with E-state index in [4.69, 9.17) is 14.3 Å². The molecule has 116 valence electrons. The maximum atomic E-state index is 12.3. The zero-order valence-corrected chi connectivity index (χ0v) is 13.1. The lowest BCUT2D eigenvalue weighted by molar-refractivity contribution is -0.192. The van der Waals surface area contributed by atoms with Crippen molar-refractivity contribution >= 4 is 5.91 Å². The number of methoxy groups -OCH3 is 2. The lowest BCUT2D eigenvalue weighted by atomic mass is 10.1. The molecular formula is C15H22N2O4. The summed E-state index contributed by atoms with van der Waals surface area (Å²) in [5.41, 5.74) is 0.472. The van der Waals surface area contributed by atoms with Crippen LogP contribution in [0.5, 0.6) is 11.5 Å². The van der Waals surface area contributed by atoms with Crippen LogP contribution in [0.2, 0.25) is 0 Å². The van der Waals surface area contributed by atoms with Crippen molar-refractivity contribution in [2.45, 2.75) is 32.0 Å². The lowest BCUT2D eigenvalue weighted by Crippen LogP contribution is -2.46. The van der Waals surface area contributed by atoms with Gasteiger partial charge in [0.05, 0.1) is 27.4 Å². The molecule has 1 N–H and O–H groups in total. The fourth-order valence-corrected chi connectivity index (χ4v) is 2.66. The summed E-state index contributed by atoms with van der Waals surface area (Å²) in [6, 6.07) is 5.33. The van der Waals surface area contributed by atoms with E-state index in [2.05, 4.69) is 5.32 Å². The SMILES string of the molecule is COc1ccc(C[C@@H]2NC(C)(C)N(OC)C2=O)cc1OC. The molecule has 1 saturated heterocycles. The molecule has 1 atom stereocenters. The highest BCUT2D eigenvalue weighted by Crippen LogP contribution is 2.29. The highest BCUT2D eigenvalue weighted by atomic mass is 16.7. The van der Waals surface area contributed by atoms with Gasteiger partial charge in [0.25, 0.3) is 5.91 Å². The number of rotatable bonds is 5. The Morgan fingerprint density at radius 2 is 1.86 bits per heavy atom. The summed E-state index contributed by atoms with van der Waals surface area (Å²) in [7, 11) is 4.69. The summed E-state index contributed by atoms with van der Waals surface area (Å²) in [6.07, 6.45) is 0.558. The molecule has 0 radical (unpaired) electrons. The predicted molar refractivity (Wildman–Crippen MR) is 78.1 cm³/mol. The molecule has 0 saturated carbocycles. The Hall–Kier alpha value is -1.79. The van der Waals surface area contributed by atoms with Crippen molar-refractivity contribution in [1.29, 1.82) is 0 Å². The maximum Gasteiger partial charge on any atom is 0.265 e. The number of nitrogens with zero attached hydrogens (tertiary/aromatic N) is 1. The fourth-order valence-electron chi connectivity index (χ4n) is 2.66. The first kappa shape index (κ1) is 15.6. The van der Waals surface area contributed by atoms with Crippen LogP contribution >= 0.6 is 0 Å². The standard InChI is InChI=1S/C15H22N2O4/c1-15(2)16-11(14(18)17(15)21-5)8-10-6-7-12(19-3)13(9-10)20-4/h6-7,9,11,16H,8H2,1-5H3/t11-/m0/s1. The van der Waals surface area contributed by atoms with Crippen LogP contribution in [0.3, 0.4) is 0 Å². The molecule has 6 heteroatoms. The second kappa shape index (κ2) is 5.91. The molecule has 1 amide bonds. The Morgan fingerprint density at radius 1 is 1.19 bits per heavy atom. The van der Waals surface area contributed by atoms with Crippen molar-refractivity contribution in [1.82, 2.24) is 10.4 Å². The molecule has 2 rings (SSSR count). The number of benzene rings is 1.